The predicted octanol–water partition coefficient (Wildman–Crippen LogP) is 5.58. The van der Waals surface area contributed by atoms with Crippen LogP contribution in [0.2, 0.25) is 0 Å². The highest BCUT2D eigenvalue weighted by Crippen LogP contribution is 2.39. The SMILES string of the molecule is Cc1c(C(NC(=O)OC2=CCCC=C2)C(F)(F)F)oc2c(F)cc(F)cc12. The number of fused-ring (bicyclic) bond motifs is 1. The van der Waals surface area contributed by atoms with Crippen LogP contribution in [0, 0.1) is 18.6 Å². The molecule has 1 N–H and O–H groups in total. The topological polar surface area (TPSA) is 51.5 Å². The number of carbonyl (C=O) groups is 1. The smallest absolute Gasteiger partial charge is 0.416 e. The molecule has 0 saturated heterocycles. The van der Waals surface area contributed by atoms with Crippen LogP contribution in [0.4, 0.5) is 26.7 Å². The minimum Gasteiger partial charge on any atom is -0.455 e. The fourth-order valence-corrected chi connectivity index (χ4v) is 2.75. The molecule has 0 saturated carbocycles. The Kier molecular flexibility index (Phi) is 4.95. The van der Waals surface area contributed by atoms with E-state index in [1.807, 2.05) is 0 Å². The summed E-state index contributed by atoms with van der Waals surface area (Å²) in [6.45, 7) is 1.22. The first-order valence-electron chi connectivity index (χ1n) is 7.96. The van der Waals surface area contributed by atoms with E-state index in [2.05, 4.69) is 0 Å². The van der Waals surface area contributed by atoms with Gasteiger partial charge in [-0.2, -0.15) is 13.2 Å². The Morgan fingerprint density at radius 1 is 1.26 bits per heavy atom. The minimum atomic E-state index is -4.95. The summed E-state index contributed by atoms with van der Waals surface area (Å²) in [6.07, 6.45) is -0.228. The van der Waals surface area contributed by atoms with Gasteiger partial charge >= 0.3 is 12.3 Å². The van der Waals surface area contributed by atoms with Gasteiger partial charge in [-0.05, 0) is 38.0 Å². The monoisotopic (exact) mass is 387 g/mol. The molecule has 9 heteroatoms. The van der Waals surface area contributed by atoms with Crippen molar-refractivity contribution in [1.29, 1.82) is 0 Å². The first-order valence-corrected chi connectivity index (χ1v) is 7.96. The lowest BCUT2D eigenvalue weighted by Crippen LogP contribution is -2.38. The first kappa shape index (κ1) is 18.9. The summed E-state index contributed by atoms with van der Waals surface area (Å²) in [5, 5.41) is 1.54. The summed E-state index contributed by atoms with van der Waals surface area (Å²) < 4.78 is 77.6. The van der Waals surface area contributed by atoms with E-state index in [0.717, 1.165) is 12.5 Å². The molecule has 1 aliphatic carbocycles. The molecule has 1 atom stereocenters. The zero-order valence-corrected chi connectivity index (χ0v) is 14.0. The normalized spacial score (nSPS) is 15.6. The summed E-state index contributed by atoms with van der Waals surface area (Å²) in [5.74, 6) is -2.72. The van der Waals surface area contributed by atoms with E-state index in [1.54, 1.807) is 17.5 Å². The molecule has 1 aromatic carbocycles. The molecule has 1 amide bonds. The van der Waals surface area contributed by atoms with Crippen molar-refractivity contribution in [2.75, 3.05) is 0 Å². The minimum absolute atomic E-state index is 0.120. The fourth-order valence-electron chi connectivity index (χ4n) is 2.75. The average molecular weight is 387 g/mol. The molecule has 1 heterocycles. The molecule has 0 spiro atoms. The predicted molar refractivity (Wildman–Crippen MR) is 85.7 cm³/mol. The van der Waals surface area contributed by atoms with Crippen LogP contribution in [0.3, 0.4) is 0 Å². The van der Waals surface area contributed by atoms with Crippen LogP contribution < -0.4 is 5.32 Å². The molecule has 0 fully saturated rings. The van der Waals surface area contributed by atoms with Crippen LogP contribution in [-0.4, -0.2) is 12.3 Å². The van der Waals surface area contributed by atoms with Crippen molar-refractivity contribution in [1.82, 2.24) is 5.32 Å². The first-order chi connectivity index (χ1) is 12.7. The van der Waals surface area contributed by atoms with E-state index in [0.29, 0.717) is 12.5 Å². The van der Waals surface area contributed by atoms with Crippen molar-refractivity contribution in [2.45, 2.75) is 32.0 Å². The van der Waals surface area contributed by atoms with Gasteiger partial charge in [-0.1, -0.05) is 6.08 Å². The molecule has 4 nitrogen and oxygen atoms in total. The molecule has 27 heavy (non-hydrogen) atoms. The maximum absolute atomic E-state index is 13.8. The van der Waals surface area contributed by atoms with Gasteiger partial charge in [0, 0.05) is 17.0 Å². The number of alkyl carbamates (subject to hydrolysis) is 1. The van der Waals surface area contributed by atoms with Crippen molar-refractivity contribution < 1.29 is 35.9 Å². The summed E-state index contributed by atoms with van der Waals surface area (Å²) in [6, 6.07) is -1.22. The molecule has 1 aromatic heterocycles. The number of alkyl halides is 3. The Labute approximate surface area is 150 Å². The van der Waals surface area contributed by atoms with Crippen LogP contribution >= 0.6 is 0 Å². The number of ether oxygens (including phenoxy) is 1. The number of rotatable bonds is 3. The second-order valence-electron chi connectivity index (χ2n) is 5.95. The summed E-state index contributed by atoms with van der Waals surface area (Å²) >= 11 is 0. The molecule has 0 bridgehead atoms. The Morgan fingerprint density at radius 2 is 2.00 bits per heavy atom. The van der Waals surface area contributed by atoms with Gasteiger partial charge in [-0.15, -0.1) is 0 Å². The lowest BCUT2D eigenvalue weighted by atomic mass is 10.1. The van der Waals surface area contributed by atoms with Crippen LogP contribution in [0.5, 0.6) is 0 Å². The van der Waals surface area contributed by atoms with Gasteiger partial charge in [0.1, 0.15) is 17.3 Å². The fraction of sp³-hybridized carbons (Fsp3) is 0.278. The van der Waals surface area contributed by atoms with E-state index in [9.17, 15) is 26.7 Å². The zero-order chi connectivity index (χ0) is 19.8. The van der Waals surface area contributed by atoms with E-state index >= 15 is 0 Å². The molecule has 144 valence electrons. The summed E-state index contributed by atoms with van der Waals surface area (Å²) in [5.41, 5.74) is -0.658. The maximum atomic E-state index is 13.8. The van der Waals surface area contributed by atoms with Gasteiger partial charge in [0.25, 0.3) is 0 Å². The van der Waals surface area contributed by atoms with Crippen molar-refractivity contribution in [3.8, 4) is 0 Å². The van der Waals surface area contributed by atoms with Crippen molar-refractivity contribution in [3.63, 3.8) is 0 Å². The van der Waals surface area contributed by atoms with E-state index in [-0.39, 0.29) is 16.7 Å². The van der Waals surface area contributed by atoms with E-state index in [4.69, 9.17) is 9.15 Å². The largest absolute Gasteiger partial charge is 0.455 e. The lowest BCUT2D eigenvalue weighted by Gasteiger charge is -2.20. The molecule has 1 unspecified atom stereocenters. The Hall–Kier alpha value is -2.84. The van der Waals surface area contributed by atoms with Gasteiger partial charge in [-0.25, -0.2) is 13.6 Å². The zero-order valence-electron chi connectivity index (χ0n) is 14.0. The second-order valence-corrected chi connectivity index (χ2v) is 5.95. The molecule has 0 radical (unpaired) electrons. The van der Waals surface area contributed by atoms with Crippen molar-refractivity contribution >= 4 is 17.1 Å². The third-order valence-corrected chi connectivity index (χ3v) is 4.02. The van der Waals surface area contributed by atoms with Gasteiger partial charge in [0.2, 0.25) is 0 Å². The Balaban J connectivity index is 1.94. The van der Waals surface area contributed by atoms with Gasteiger partial charge in [0.15, 0.2) is 17.4 Å². The average Bonchev–Trinajstić information content (AvgIpc) is 2.90. The van der Waals surface area contributed by atoms with Crippen LogP contribution in [0.15, 0.2) is 40.5 Å². The van der Waals surface area contributed by atoms with Crippen molar-refractivity contribution in [3.05, 3.63) is 59.1 Å². The van der Waals surface area contributed by atoms with E-state index in [1.165, 1.54) is 13.0 Å². The van der Waals surface area contributed by atoms with Crippen LogP contribution in [0.25, 0.3) is 11.0 Å². The number of furan rings is 1. The molecule has 3 rings (SSSR count). The highest BCUT2D eigenvalue weighted by Gasteiger charge is 2.46. The van der Waals surface area contributed by atoms with E-state index < -0.39 is 41.3 Å². The number of halogens is 5. The Morgan fingerprint density at radius 3 is 2.63 bits per heavy atom. The number of allylic oxidation sites excluding steroid dienone is 3. The standard InChI is InChI=1S/C18H14F5NO3/c1-9-12-7-10(19)8-13(20)15(12)27-14(9)16(18(21,22)23)24-17(25)26-11-5-3-2-4-6-11/h3,5-8,16H,2,4H2,1H3,(H,24,25). The van der Waals surface area contributed by atoms with Gasteiger partial charge in [-0.3, -0.25) is 0 Å². The molecule has 0 aliphatic heterocycles. The number of nitrogens with one attached hydrogen (secondary N) is 1. The lowest BCUT2D eigenvalue weighted by molar-refractivity contribution is -0.159. The van der Waals surface area contributed by atoms with Gasteiger partial charge in [0.05, 0.1) is 0 Å². The summed E-state index contributed by atoms with van der Waals surface area (Å²) in [4.78, 5) is 11.9. The number of hydrogen-bond donors (Lipinski definition) is 1. The number of hydrogen-bond acceptors (Lipinski definition) is 3. The molecular weight excluding hydrogens is 373 g/mol. The quantitative estimate of drug-likeness (QED) is 0.700. The number of carbonyl (C=O) groups excluding carboxylic acids is 1. The van der Waals surface area contributed by atoms with Gasteiger partial charge < -0.3 is 14.5 Å². The number of amides is 1. The molecule has 1 aliphatic rings. The molecule has 2 aromatic rings. The third-order valence-electron chi connectivity index (χ3n) is 4.02. The maximum Gasteiger partial charge on any atom is 0.416 e. The number of aryl methyl sites for hydroxylation is 1. The number of benzene rings is 1. The van der Waals surface area contributed by atoms with Crippen LogP contribution in [-0.2, 0) is 4.74 Å². The second kappa shape index (κ2) is 7.05. The third kappa shape index (κ3) is 3.96. The highest BCUT2D eigenvalue weighted by atomic mass is 19.4. The highest BCUT2D eigenvalue weighted by molar-refractivity contribution is 5.83. The van der Waals surface area contributed by atoms with Crippen molar-refractivity contribution in [2.24, 2.45) is 0 Å². The molecular formula is C18H14F5NO3. The Bertz CT molecular complexity index is 943. The van der Waals surface area contributed by atoms with Crippen LogP contribution in [0.1, 0.15) is 30.2 Å². The summed E-state index contributed by atoms with van der Waals surface area (Å²) in [7, 11) is 0.